The topological polar surface area (TPSA) is 53.6 Å². The van der Waals surface area contributed by atoms with Gasteiger partial charge in [-0.3, -0.25) is 10.1 Å². The summed E-state index contributed by atoms with van der Waals surface area (Å²) in [6.07, 6.45) is 0. The summed E-state index contributed by atoms with van der Waals surface area (Å²) in [7, 11) is 0. The Balaban J connectivity index is 1.64. The lowest BCUT2D eigenvalue weighted by Gasteiger charge is -2.29. The summed E-state index contributed by atoms with van der Waals surface area (Å²) in [5, 5.41) is 6.94. The smallest absolute Gasteiger partial charge is 0.258 e. The van der Waals surface area contributed by atoms with E-state index in [4.69, 9.17) is 51.8 Å². The van der Waals surface area contributed by atoms with E-state index in [2.05, 4.69) is 15.5 Å². The Labute approximate surface area is 177 Å². The van der Waals surface area contributed by atoms with Crippen LogP contribution in [0.15, 0.2) is 36.4 Å². The first-order chi connectivity index (χ1) is 12.9. The molecule has 1 saturated heterocycles. The fourth-order valence-electron chi connectivity index (χ4n) is 2.65. The molecule has 1 amide bonds. The van der Waals surface area contributed by atoms with Gasteiger partial charge in [0.15, 0.2) is 5.11 Å². The standard InChI is InChI=1S/C18H16Cl3N3O2S/c19-11-1-3-14(20)13(9-11)17(25)23-18(27)22-12-2-4-16(15(21)10-12)24-5-7-26-8-6-24/h1-4,9-10H,5-8H2,(H2,22,23,25,27). The summed E-state index contributed by atoms with van der Waals surface area (Å²) < 4.78 is 5.35. The van der Waals surface area contributed by atoms with E-state index in [1.807, 2.05) is 12.1 Å². The van der Waals surface area contributed by atoms with Crippen molar-refractivity contribution in [1.82, 2.24) is 5.32 Å². The van der Waals surface area contributed by atoms with Crippen LogP contribution in [0.2, 0.25) is 15.1 Å². The van der Waals surface area contributed by atoms with E-state index in [1.54, 1.807) is 18.2 Å². The monoisotopic (exact) mass is 443 g/mol. The highest BCUT2D eigenvalue weighted by Crippen LogP contribution is 2.29. The molecule has 0 spiro atoms. The van der Waals surface area contributed by atoms with Gasteiger partial charge in [-0.1, -0.05) is 34.8 Å². The van der Waals surface area contributed by atoms with Gasteiger partial charge < -0.3 is 15.0 Å². The summed E-state index contributed by atoms with van der Waals surface area (Å²) in [6, 6.07) is 10.2. The van der Waals surface area contributed by atoms with Gasteiger partial charge in [-0.05, 0) is 48.6 Å². The highest BCUT2D eigenvalue weighted by molar-refractivity contribution is 7.80. The quantitative estimate of drug-likeness (QED) is 0.677. The van der Waals surface area contributed by atoms with Gasteiger partial charge in [0.25, 0.3) is 5.91 Å². The molecule has 2 N–H and O–H groups in total. The number of anilines is 2. The van der Waals surface area contributed by atoms with Gasteiger partial charge in [-0.25, -0.2) is 0 Å². The third-order valence-electron chi connectivity index (χ3n) is 3.96. The van der Waals surface area contributed by atoms with Crippen molar-refractivity contribution < 1.29 is 9.53 Å². The molecule has 1 aliphatic rings. The second kappa shape index (κ2) is 9.08. The zero-order valence-corrected chi connectivity index (χ0v) is 17.2. The molecule has 27 heavy (non-hydrogen) atoms. The Morgan fingerprint density at radius 1 is 1.04 bits per heavy atom. The number of carbonyl (C=O) groups is 1. The predicted octanol–water partition coefficient (Wildman–Crippen LogP) is 4.61. The first kappa shape index (κ1) is 20.2. The van der Waals surface area contributed by atoms with Crippen LogP contribution in [0, 0.1) is 0 Å². The summed E-state index contributed by atoms with van der Waals surface area (Å²) in [5.74, 6) is -0.448. The lowest BCUT2D eigenvalue weighted by molar-refractivity contribution is 0.0978. The first-order valence-electron chi connectivity index (χ1n) is 8.13. The number of ether oxygens (including phenoxy) is 1. The number of nitrogens with one attached hydrogen (secondary N) is 2. The van der Waals surface area contributed by atoms with Crippen LogP contribution in [0.5, 0.6) is 0 Å². The van der Waals surface area contributed by atoms with Crippen molar-refractivity contribution in [1.29, 1.82) is 0 Å². The average Bonchev–Trinajstić information content (AvgIpc) is 2.64. The van der Waals surface area contributed by atoms with Crippen molar-refractivity contribution in [2.75, 3.05) is 36.5 Å². The zero-order valence-electron chi connectivity index (χ0n) is 14.1. The lowest BCUT2D eigenvalue weighted by Crippen LogP contribution is -2.36. The average molecular weight is 445 g/mol. The van der Waals surface area contributed by atoms with E-state index in [0.717, 1.165) is 18.8 Å². The normalized spacial score (nSPS) is 14.0. The molecule has 0 aromatic heterocycles. The lowest BCUT2D eigenvalue weighted by atomic mass is 10.2. The molecule has 0 unspecified atom stereocenters. The van der Waals surface area contributed by atoms with Gasteiger partial charge in [0.1, 0.15) is 0 Å². The Morgan fingerprint density at radius 3 is 2.48 bits per heavy atom. The van der Waals surface area contributed by atoms with E-state index in [0.29, 0.717) is 28.9 Å². The number of morpholine rings is 1. The molecule has 0 saturated carbocycles. The number of halogens is 3. The van der Waals surface area contributed by atoms with Gasteiger partial charge in [-0.2, -0.15) is 0 Å². The number of nitrogens with zero attached hydrogens (tertiary/aromatic N) is 1. The number of carbonyl (C=O) groups excluding carboxylic acids is 1. The van der Waals surface area contributed by atoms with Gasteiger partial charge >= 0.3 is 0 Å². The SMILES string of the molecule is O=C(NC(=S)Nc1ccc(N2CCOCC2)c(Cl)c1)c1cc(Cl)ccc1Cl. The molecule has 0 radical (unpaired) electrons. The minimum atomic E-state index is -0.448. The number of rotatable bonds is 3. The molecule has 0 aliphatic carbocycles. The summed E-state index contributed by atoms with van der Waals surface area (Å²) in [5.41, 5.74) is 1.85. The van der Waals surface area contributed by atoms with Crippen LogP contribution < -0.4 is 15.5 Å². The van der Waals surface area contributed by atoms with E-state index in [9.17, 15) is 4.79 Å². The van der Waals surface area contributed by atoms with Crippen molar-refractivity contribution in [2.45, 2.75) is 0 Å². The second-order valence-corrected chi connectivity index (χ2v) is 7.46. The second-order valence-electron chi connectivity index (χ2n) is 5.80. The zero-order chi connectivity index (χ0) is 19.4. The van der Waals surface area contributed by atoms with Crippen LogP contribution >= 0.6 is 47.0 Å². The first-order valence-corrected chi connectivity index (χ1v) is 9.68. The van der Waals surface area contributed by atoms with Crippen LogP contribution in [0.4, 0.5) is 11.4 Å². The molecule has 9 heteroatoms. The molecule has 2 aromatic carbocycles. The number of benzene rings is 2. The highest BCUT2D eigenvalue weighted by Gasteiger charge is 2.16. The van der Waals surface area contributed by atoms with Gasteiger partial charge in [0.2, 0.25) is 0 Å². The number of thiocarbonyl (C=S) groups is 1. The maximum absolute atomic E-state index is 12.3. The summed E-state index contributed by atoms with van der Waals surface area (Å²) in [6.45, 7) is 2.94. The fourth-order valence-corrected chi connectivity index (χ4v) is 3.54. The molecule has 1 heterocycles. The van der Waals surface area contributed by atoms with Crippen LogP contribution in [-0.4, -0.2) is 37.3 Å². The summed E-state index contributed by atoms with van der Waals surface area (Å²) >= 11 is 23.5. The molecular formula is C18H16Cl3N3O2S. The molecule has 1 fully saturated rings. The molecule has 0 bridgehead atoms. The molecule has 1 aliphatic heterocycles. The maximum atomic E-state index is 12.3. The molecule has 3 rings (SSSR count). The molecule has 5 nitrogen and oxygen atoms in total. The maximum Gasteiger partial charge on any atom is 0.258 e. The van der Waals surface area contributed by atoms with Gasteiger partial charge in [0.05, 0.1) is 34.5 Å². The van der Waals surface area contributed by atoms with Crippen molar-refractivity contribution in [3.63, 3.8) is 0 Å². The van der Waals surface area contributed by atoms with E-state index in [1.165, 1.54) is 6.07 Å². The van der Waals surface area contributed by atoms with Gasteiger partial charge in [0, 0.05) is 23.8 Å². The molecular weight excluding hydrogens is 429 g/mol. The third kappa shape index (κ3) is 5.24. The van der Waals surface area contributed by atoms with Crippen molar-refractivity contribution in [2.24, 2.45) is 0 Å². The number of hydrogen-bond donors (Lipinski definition) is 2. The minimum Gasteiger partial charge on any atom is -0.378 e. The van der Waals surface area contributed by atoms with Crippen molar-refractivity contribution in [3.8, 4) is 0 Å². The third-order valence-corrected chi connectivity index (χ3v) is 5.03. The number of amides is 1. The van der Waals surface area contributed by atoms with Crippen LogP contribution in [0.1, 0.15) is 10.4 Å². The van der Waals surface area contributed by atoms with E-state index >= 15 is 0 Å². The minimum absolute atomic E-state index is 0.131. The Hall–Kier alpha value is -1.57. The molecule has 0 atom stereocenters. The molecule has 2 aromatic rings. The van der Waals surface area contributed by atoms with Crippen molar-refractivity contribution in [3.05, 3.63) is 57.0 Å². The Bertz CT molecular complexity index is 873. The fraction of sp³-hybridized carbons (Fsp3) is 0.222. The summed E-state index contributed by atoms with van der Waals surface area (Å²) in [4.78, 5) is 14.5. The Morgan fingerprint density at radius 2 is 1.78 bits per heavy atom. The van der Waals surface area contributed by atoms with E-state index < -0.39 is 5.91 Å². The number of hydrogen-bond acceptors (Lipinski definition) is 4. The van der Waals surface area contributed by atoms with Gasteiger partial charge in [-0.15, -0.1) is 0 Å². The van der Waals surface area contributed by atoms with Crippen LogP contribution in [-0.2, 0) is 4.74 Å². The largest absolute Gasteiger partial charge is 0.378 e. The van der Waals surface area contributed by atoms with Crippen molar-refractivity contribution >= 4 is 69.4 Å². The van der Waals surface area contributed by atoms with Crippen LogP contribution in [0.3, 0.4) is 0 Å². The molecule has 142 valence electrons. The van der Waals surface area contributed by atoms with Crippen LogP contribution in [0.25, 0.3) is 0 Å². The highest BCUT2D eigenvalue weighted by atomic mass is 35.5. The van der Waals surface area contributed by atoms with E-state index in [-0.39, 0.29) is 15.7 Å². The predicted molar refractivity (Wildman–Crippen MR) is 115 cm³/mol. The Kier molecular flexibility index (Phi) is 6.78.